The largest absolute Gasteiger partial charge is 0.366 e. The molecule has 2 nitrogen and oxygen atoms in total. The number of hydrogen-bond acceptors (Lipinski definition) is 2. The van der Waals surface area contributed by atoms with E-state index in [2.05, 4.69) is 0 Å². The minimum absolute atomic E-state index is 0.113. The van der Waals surface area contributed by atoms with Crippen molar-refractivity contribution in [2.75, 3.05) is 0 Å². The Kier molecular flexibility index (Phi) is 4.79. The van der Waals surface area contributed by atoms with Crippen LogP contribution in [0.25, 0.3) is 0 Å². The van der Waals surface area contributed by atoms with Crippen LogP contribution in [0.1, 0.15) is 25.8 Å². The summed E-state index contributed by atoms with van der Waals surface area (Å²) >= 11 is 5.96. The number of carbonyl (C=O) groups is 1. The van der Waals surface area contributed by atoms with Gasteiger partial charge in [0.25, 0.3) is 0 Å². The molecular weight excluding hydrogens is 212 g/mol. The first-order valence-electron chi connectivity index (χ1n) is 5.03. The first kappa shape index (κ1) is 12.2. The Labute approximate surface area is 95.2 Å². The summed E-state index contributed by atoms with van der Waals surface area (Å²) in [6.07, 6.45) is 0.148. The maximum absolute atomic E-state index is 11.3. The van der Waals surface area contributed by atoms with Gasteiger partial charge in [0.05, 0.1) is 6.61 Å². The predicted molar refractivity (Wildman–Crippen MR) is 61.0 cm³/mol. The third-order valence-electron chi connectivity index (χ3n) is 2.25. The van der Waals surface area contributed by atoms with E-state index in [4.69, 9.17) is 16.3 Å². The molecule has 0 N–H and O–H groups in total. The highest BCUT2D eigenvalue weighted by atomic mass is 35.5. The first-order valence-corrected chi connectivity index (χ1v) is 5.40. The van der Waals surface area contributed by atoms with Crippen LogP contribution in [-0.2, 0) is 16.1 Å². The van der Waals surface area contributed by atoms with Gasteiger partial charge in [-0.3, -0.25) is 4.79 Å². The molecule has 0 aromatic heterocycles. The lowest BCUT2D eigenvalue weighted by atomic mass is 10.2. The minimum atomic E-state index is -0.355. The third kappa shape index (κ3) is 3.65. The SMILES string of the molecule is CCC(=O)C(C)OCc1ccccc1Cl. The van der Waals surface area contributed by atoms with Crippen molar-refractivity contribution in [2.24, 2.45) is 0 Å². The lowest BCUT2D eigenvalue weighted by molar-refractivity contribution is -0.129. The first-order chi connectivity index (χ1) is 7.15. The van der Waals surface area contributed by atoms with Gasteiger partial charge >= 0.3 is 0 Å². The van der Waals surface area contributed by atoms with Gasteiger partial charge in [-0.1, -0.05) is 36.7 Å². The van der Waals surface area contributed by atoms with E-state index in [9.17, 15) is 4.79 Å². The maximum atomic E-state index is 11.3. The fraction of sp³-hybridized carbons (Fsp3) is 0.417. The number of carbonyl (C=O) groups excluding carboxylic acids is 1. The number of hydrogen-bond donors (Lipinski definition) is 0. The van der Waals surface area contributed by atoms with Crippen LogP contribution in [-0.4, -0.2) is 11.9 Å². The Morgan fingerprint density at radius 3 is 2.73 bits per heavy atom. The molecule has 0 radical (unpaired) electrons. The Morgan fingerprint density at radius 1 is 1.47 bits per heavy atom. The van der Waals surface area contributed by atoms with E-state index in [0.29, 0.717) is 18.1 Å². The molecule has 1 atom stereocenters. The second kappa shape index (κ2) is 5.89. The smallest absolute Gasteiger partial charge is 0.161 e. The maximum Gasteiger partial charge on any atom is 0.161 e. The molecule has 0 fully saturated rings. The molecule has 3 heteroatoms. The summed E-state index contributed by atoms with van der Waals surface area (Å²) in [5.41, 5.74) is 0.912. The number of ether oxygens (including phenoxy) is 1. The highest BCUT2D eigenvalue weighted by molar-refractivity contribution is 6.31. The zero-order valence-electron chi connectivity index (χ0n) is 9.00. The predicted octanol–water partition coefficient (Wildman–Crippen LogP) is 3.22. The zero-order chi connectivity index (χ0) is 11.3. The monoisotopic (exact) mass is 226 g/mol. The van der Waals surface area contributed by atoms with Crippen LogP contribution in [0.3, 0.4) is 0 Å². The van der Waals surface area contributed by atoms with Crippen molar-refractivity contribution >= 4 is 17.4 Å². The van der Waals surface area contributed by atoms with Gasteiger partial charge in [0.2, 0.25) is 0 Å². The molecule has 1 unspecified atom stereocenters. The molecule has 0 amide bonds. The van der Waals surface area contributed by atoms with Gasteiger partial charge in [0.1, 0.15) is 6.10 Å². The molecule has 0 aliphatic rings. The molecule has 0 saturated heterocycles. The Bertz CT molecular complexity index is 336. The van der Waals surface area contributed by atoms with Gasteiger partial charge in [-0.15, -0.1) is 0 Å². The molecule has 1 aromatic carbocycles. The second-order valence-electron chi connectivity index (χ2n) is 3.36. The van der Waals surface area contributed by atoms with Gasteiger partial charge in [-0.2, -0.15) is 0 Å². The van der Waals surface area contributed by atoms with Crippen LogP contribution in [0.4, 0.5) is 0 Å². The molecule has 15 heavy (non-hydrogen) atoms. The minimum Gasteiger partial charge on any atom is -0.366 e. The Balaban J connectivity index is 2.50. The van der Waals surface area contributed by atoms with Crippen LogP contribution < -0.4 is 0 Å². The third-order valence-corrected chi connectivity index (χ3v) is 2.62. The fourth-order valence-electron chi connectivity index (χ4n) is 1.21. The molecular formula is C12H15ClO2. The van der Waals surface area contributed by atoms with Gasteiger partial charge in [0.15, 0.2) is 5.78 Å². The molecule has 0 aliphatic heterocycles. The van der Waals surface area contributed by atoms with Crippen LogP contribution in [0.2, 0.25) is 5.02 Å². The van der Waals surface area contributed by atoms with E-state index in [-0.39, 0.29) is 11.9 Å². The van der Waals surface area contributed by atoms with E-state index >= 15 is 0 Å². The van der Waals surface area contributed by atoms with Crippen molar-refractivity contribution in [3.05, 3.63) is 34.9 Å². The fourth-order valence-corrected chi connectivity index (χ4v) is 1.40. The lowest BCUT2D eigenvalue weighted by Crippen LogP contribution is -2.19. The van der Waals surface area contributed by atoms with Crippen molar-refractivity contribution < 1.29 is 9.53 Å². The molecule has 0 bridgehead atoms. The molecule has 82 valence electrons. The van der Waals surface area contributed by atoms with Gasteiger partial charge in [0, 0.05) is 11.4 Å². The Hall–Kier alpha value is -0.860. The lowest BCUT2D eigenvalue weighted by Gasteiger charge is -2.11. The van der Waals surface area contributed by atoms with Crippen molar-refractivity contribution in [2.45, 2.75) is 33.0 Å². The highest BCUT2D eigenvalue weighted by Crippen LogP contribution is 2.16. The zero-order valence-corrected chi connectivity index (χ0v) is 9.75. The van der Waals surface area contributed by atoms with Crippen LogP contribution >= 0.6 is 11.6 Å². The molecule has 1 rings (SSSR count). The van der Waals surface area contributed by atoms with Crippen molar-refractivity contribution in [1.82, 2.24) is 0 Å². The average Bonchev–Trinajstić information content (AvgIpc) is 2.26. The summed E-state index contributed by atoms with van der Waals surface area (Å²) in [4.78, 5) is 11.3. The number of benzene rings is 1. The summed E-state index contributed by atoms with van der Waals surface area (Å²) in [5, 5.41) is 0.675. The highest BCUT2D eigenvalue weighted by Gasteiger charge is 2.11. The number of ketones is 1. The van der Waals surface area contributed by atoms with Gasteiger partial charge in [-0.05, 0) is 18.6 Å². The van der Waals surface area contributed by atoms with Gasteiger partial charge in [-0.25, -0.2) is 0 Å². The molecule has 0 aliphatic carbocycles. The molecule has 0 heterocycles. The molecule has 1 aromatic rings. The number of Topliss-reactive ketones (excluding diaryl/α,β-unsaturated/α-hetero) is 1. The van der Waals surface area contributed by atoms with Crippen molar-refractivity contribution in [1.29, 1.82) is 0 Å². The standard InChI is InChI=1S/C12H15ClO2/c1-3-12(14)9(2)15-8-10-6-4-5-7-11(10)13/h4-7,9H,3,8H2,1-2H3. The van der Waals surface area contributed by atoms with Crippen LogP contribution in [0, 0.1) is 0 Å². The molecule has 0 saturated carbocycles. The average molecular weight is 227 g/mol. The van der Waals surface area contributed by atoms with E-state index in [0.717, 1.165) is 5.56 Å². The normalized spacial score (nSPS) is 12.5. The van der Waals surface area contributed by atoms with E-state index in [1.54, 1.807) is 6.92 Å². The van der Waals surface area contributed by atoms with Crippen molar-refractivity contribution in [3.8, 4) is 0 Å². The summed E-state index contributed by atoms with van der Waals surface area (Å²) in [6, 6.07) is 7.47. The second-order valence-corrected chi connectivity index (χ2v) is 3.77. The summed E-state index contributed by atoms with van der Waals surface area (Å²) in [5.74, 6) is 0.113. The summed E-state index contributed by atoms with van der Waals surface area (Å²) in [7, 11) is 0. The van der Waals surface area contributed by atoms with E-state index < -0.39 is 0 Å². The summed E-state index contributed by atoms with van der Waals surface area (Å²) in [6.45, 7) is 3.98. The van der Waals surface area contributed by atoms with Crippen molar-refractivity contribution in [3.63, 3.8) is 0 Å². The summed E-state index contributed by atoms with van der Waals surface area (Å²) < 4.78 is 5.43. The molecule has 0 spiro atoms. The van der Waals surface area contributed by atoms with Crippen LogP contribution in [0.15, 0.2) is 24.3 Å². The number of rotatable bonds is 5. The van der Waals surface area contributed by atoms with Gasteiger partial charge < -0.3 is 4.74 Å². The van der Waals surface area contributed by atoms with E-state index in [1.807, 2.05) is 31.2 Å². The number of halogens is 1. The quantitative estimate of drug-likeness (QED) is 0.771. The van der Waals surface area contributed by atoms with Crippen LogP contribution in [0.5, 0.6) is 0 Å². The Morgan fingerprint density at radius 2 is 2.13 bits per heavy atom. The van der Waals surface area contributed by atoms with E-state index in [1.165, 1.54) is 0 Å². The topological polar surface area (TPSA) is 26.3 Å².